The third-order valence-corrected chi connectivity index (χ3v) is 3.57. The highest BCUT2D eigenvalue weighted by Crippen LogP contribution is 2.32. The lowest BCUT2D eigenvalue weighted by molar-refractivity contribution is 0.412. The Morgan fingerprint density at radius 2 is 2.05 bits per heavy atom. The van der Waals surface area contributed by atoms with Gasteiger partial charge in [-0.2, -0.15) is 0 Å². The van der Waals surface area contributed by atoms with Gasteiger partial charge in [-0.25, -0.2) is 0 Å². The molecule has 1 aromatic heterocycles. The van der Waals surface area contributed by atoms with E-state index in [1.165, 1.54) is 29.4 Å². The summed E-state index contributed by atoms with van der Waals surface area (Å²) in [4.78, 5) is 5.72. The predicted molar refractivity (Wildman–Crippen MR) is 106 cm³/mol. The van der Waals surface area contributed by atoms with Gasteiger partial charge in [-0.3, -0.25) is 0 Å². The Morgan fingerprint density at radius 1 is 1.38 bits per heavy atom. The van der Waals surface area contributed by atoms with Gasteiger partial charge < -0.3 is 15.6 Å². The molecule has 0 aliphatic carbocycles. The van der Waals surface area contributed by atoms with Crippen LogP contribution in [0.3, 0.4) is 0 Å². The smallest absolute Gasteiger partial charge is 0.0458 e. The zero-order chi connectivity index (χ0) is 15.8. The van der Waals surface area contributed by atoms with Crippen molar-refractivity contribution in [3.8, 4) is 0 Å². The SMILES string of the molecule is CC.CN1CCC(c2c[nH]c3ccc(N)cc23)C1.CSI. The number of hydrogen-bond donors (Lipinski definition) is 2. The molecule has 3 nitrogen and oxygen atoms in total. The highest BCUT2D eigenvalue weighted by atomic mass is 127. The first-order chi connectivity index (χ1) is 10.2. The molecule has 3 N–H and O–H groups in total. The first-order valence-electron chi connectivity index (χ1n) is 7.35. The number of anilines is 1. The number of aromatic amines is 1. The molecule has 0 bridgehead atoms. The van der Waals surface area contributed by atoms with Crippen LogP contribution >= 0.6 is 30.1 Å². The lowest BCUT2D eigenvalue weighted by Gasteiger charge is -2.09. The number of benzene rings is 1. The van der Waals surface area contributed by atoms with E-state index in [9.17, 15) is 0 Å². The van der Waals surface area contributed by atoms with Gasteiger partial charge in [0, 0.05) is 29.3 Å². The van der Waals surface area contributed by atoms with Crippen molar-refractivity contribution in [3.63, 3.8) is 0 Å². The predicted octanol–water partition coefficient (Wildman–Crippen LogP) is 4.89. The molecule has 1 unspecified atom stereocenters. The molecule has 1 fully saturated rings. The minimum atomic E-state index is 0.653. The van der Waals surface area contributed by atoms with Crippen LogP contribution in [0.4, 0.5) is 5.69 Å². The number of halogens is 1. The van der Waals surface area contributed by atoms with E-state index in [1.54, 1.807) is 8.93 Å². The van der Waals surface area contributed by atoms with Crippen molar-refractivity contribution in [1.82, 2.24) is 9.88 Å². The van der Waals surface area contributed by atoms with Crippen molar-refractivity contribution in [1.29, 1.82) is 0 Å². The molecule has 2 aromatic rings. The van der Waals surface area contributed by atoms with Crippen LogP contribution in [-0.4, -0.2) is 36.3 Å². The molecule has 0 saturated carbocycles. The van der Waals surface area contributed by atoms with Gasteiger partial charge >= 0.3 is 0 Å². The normalized spacial score (nSPS) is 17.9. The number of H-pyrrole nitrogens is 1. The van der Waals surface area contributed by atoms with E-state index < -0.39 is 0 Å². The molecule has 118 valence electrons. The van der Waals surface area contributed by atoms with Crippen molar-refractivity contribution < 1.29 is 0 Å². The van der Waals surface area contributed by atoms with E-state index in [2.05, 4.69) is 56.5 Å². The Morgan fingerprint density at radius 3 is 2.62 bits per heavy atom. The number of fused-ring (bicyclic) bond motifs is 1. The molecule has 1 aliphatic rings. The van der Waals surface area contributed by atoms with E-state index >= 15 is 0 Å². The van der Waals surface area contributed by atoms with Crippen LogP contribution in [0, 0.1) is 0 Å². The zero-order valence-corrected chi connectivity index (χ0v) is 16.3. The molecule has 0 radical (unpaired) electrons. The Labute approximate surface area is 144 Å². The van der Waals surface area contributed by atoms with E-state index in [4.69, 9.17) is 5.73 Å². The number of nitrogens with one attached hydrogen (secondary N) is 1. The Kier molecular flexibility index (Phi) is 8.51. The summed E-state index contributed by atoms with van der Waals surface area (Å²) < 4.78 is 0. The number of nitrogens with two attached hydrogens (primary N) is 1. The topological polar surface area (TPSA) is 45.0 Å². The molecule has 1 atom stereocenters. The molecule has 2 heterocycles. The number of hydrogen-bond acceptors (Lipinski definition) is 3. The second-order valence-corrected chi connectivity index (χ2v) is 7.90. The van der Waals surface area contributed by atoms with Crippen LogP contribution in [0.1, 0.15) is 31.7 Å². The summed E-state index contributed by atoms with van der Waals surface area (Å²) in [6.45, 7) is 6.35. The molecule has 1 saturated heterocycles. The van der Waals surface area contributed by atoms with E-state index in [0.717, 1.165) is 12.2 Å². The van der Waals surface area contributed by atoms with Gasteiger partial charge in [0.15, 0.2) is 0 Å². The number of likely N-dealkylation sites (tertiary alicyclic amines) is 1. The summed E-state index contributed by atoms with van der Waals surface area (Å²) in [5.41, 5.74) is 9.32. The Bertz CT molecular complexity index is 541. The molecular formula is C16H26IN3S. The quantitative estimate of drug-likeness (QED) is 0.511. The Balaban J connectivity index is 0.000000395. The monoisotopic (exact) mass is 419 g/mol. The fourth-order valence-corrected chi connectivity index (χ4v) is 2.69. The lowest BCUT2D eigenvalue weighted by Crippen LogP contribution is -2.13. The van der Waals surface area contributed by atoms with Crippen molar-refractivity contribution >= 4 is 46.7 Å². The largest absolute Gasteiger partial charge is 0.399 e. The van der Waals surface area contributed by atoms with E-state index in [0.29, 0.717) is 5.92 Å². The number of aromatic nitrogens is 1. The maximum atomic E-state index is 5.85. The number of likely N-dealkylation sites (N-methyl/N-ethyl adjacent to an activating group) is 1. The summed E-state index contributed by atoms with van der Waals surface area (Å²) >= 11 is 2.20. The number of nitrogen functional groups attached to an aromatic ring is 1. The summed E-state index contributed by atoms with van der Waals surface area (Å²) in [6, 6.07) is 6.09. The molecule has 1 aliphatic heterocycles. The minimum absolute atomic E-state index is 0.653. The highest BCUT2D eigenvalue weighted by Gasteiger charge is 2.23. The molecule has 3 rings (SSSR count). The Hall–Kier alpha value is -0.400. The van der Waals surface area contributed by atoms with Crippen molar-refractivity contribution in [2.75, 3.05) is 32.1 Å². The molecule has 0 amide bonds. The second kappa shape index (κ2) is 9.58. The van der Waals surface area contributed by atoms with Gasteiger partial charge in [-0.15, -0.1) is 0 Å². The van der Waals surface area contributed by atoms with Gasteiger partial charge in [-0.05, 0) is 77.2 Å². The van der Waals surface area contributed by atoms with Crippen molar-refractivity contribution in [2.24, 2.45) is 0 Å². The van der Waals surface area contributed by atoms with E-state index in [-0.39, 0.29) is 0 Å². The van der Waals surface area contributed by atoms with Crippen molar-refractivity contribution in [2.45, 2.75) is 26.2 Å². The first-order valence-corrected chi connectivity index (χ1v) is 11.1. The summed E-state index contributed by atoms with van der Waals surface area (Å²) in [7, 11) is 3.90. The fourth-order valence-electron chi connectivity index (χ4n) is 2.69. The highest BCUT2D eigenvalue weighted by molar-refractivity contribution is 14.2. The maximum Gasteiger partial charge on any atom is 0.0458 e. The molecule has 1 aromatic carbocycles. The van der Waals surface area contributed by atoms with Crippen LogP contribution in [0.5, 0.6) is 0 Å². The van der Waals surface area contributed by atoms with Crippen LogP contribution < -0.4 is 5.73 Å². The van der Waals surface area contributed by atoms with Gasteiger partial charge in [0.05, 0.1) is 0 Å². The molecule has 21 heavy (non-hydrogen) atoms. The molecular weight excluding hydrogens is 393 g/mol. The van der Waals surface area contributed by atoms with Crippen molar-refractivity contribution in [3.05, 3.63) is 30.0 Å². The minimum Gasteiger partial charge on any atom is -0.399 e. The number of rotatable bonds is 1. The zero-order valence-electron chi connectivity index (χ0n) is 13.3. The van der Waals surface area contributed by atoms with Gasteiger partial charge in [0.1, 0.15) is 0 Å². The first kappa shape index (κ1) is 18.6. The summed E-state index contributed by atoms with van der Waals surface area (Å²) in [6.07, 6.45) is 5.42. The standard InChI is InChI=1S/C13H17N3.C2H6.CH3IS/c1-16-5-4-9(8-16)12-7-15-13-3-2-10(14)6-11(12)13;1-2;1-3-2/h2-3,6-7,9,15H,4-5,8,14H2,1H3;1-2H3;1H3. The average Bonchev–Trinajstić information content (AvgIpc) is 3.07. The van der Waals surface area contributed by atoms with Crippen LogP contribution in [-0.2, 0) is 0 Å². The second-order valence-electron chi connectivity index (χ2n) is 4.95. The summed E-state index contributed by atoms with van der Waals surface area (Å²) in [5, 5.41) is 1.29. The average molecular weight is 419 g/mol. The fraction of sp³-hybridized carbons (Fsp3) is 0.500. The molecule has 5 heteroatoms. The third-order valence-electron chi connectivity index (χ3n) is 3.57. The van der Waals surface area contributed by atoms with E-state index in [1.807, 2.05) is 26.2 Å². The van der Waals surface area contributed by atoms with Gasteiger partial charge in [0.2, 0.25) is 0 Å². The van der Waals surface area contributed by atoms with Gasteiger partial charge in [0.25, 0.3) is 0 Å². The third kappa shape index (κ3) is 5.07. The summed E-state index contributed by atoms with van der Waals surface area (Å²) in [5.74, 6) is 0.653. The maximum absolute atomic E-state index is 5.85. The molecule has 0 spiro atoms. The van der Waals surface area contributed by atoms with Crippen LogP contribution in [0.25, 0.3) is 10.9 Å². The number of nitrogens with zero attached hydrogens (tertiary/aromatic N) is 1. The van der Waals surface area contributed by atoms with Crippen LogP contribution in [0.2, 0.25) is 0 Å². The van der Waals surface area contributed by atoms with Gasteiger partial charge in [-0.1, -0.05) is 22.8 Å². The van der Waals surface area contributed by atoms with Crippen LogP contribution in [0.15, 0.2) is 24.4 Å². The lowest BCUT2D eigenvalue weighted by atomic mass is 9.98.